The van der Waals surface area contributed by atoms with Crippen molar-refractivity contribution < 1.29 is 24.6 Å². The van der Waals surface area contributed by atoms with Crippen molar-refractivity contribution in [2.24, 2.45) is 0 Å². The van der Waals surface area contributed by atoms with Gasteiger partial charge in [-0.05, 0) is 27.7 Å². The van der Waals surface area contributed by atoms with E-state index < -0.39 is 24.0 Å². The van der Waals surface area contributed by atoms with Gasteiger partial charge >= 0.3 is 11.9 Å². The summed E-state index contributed by atoms with van der Waals surface area (Å²) in [6, 6.07) is -1.58. The molecule has 0 amide bonds. The summed E-state index contributed by atoms with van der Waals surface area (Å²) in [5.41, 5.74) is 0. The SMILES string of the molecule is CC(=O)C(C)N1CCN(C(C)C(=O)O)CCN(C(C)C(=O)O)CC1. The molecule has 1 heterocycles. The Hall–Kier alpha value is -1.51. The summed E-state index contributed by atoms with van der Waals surface area (Å²) in [5.74, 6) is -1.76. The molecule has 1 rings (SSSR count). The molecule has 0 aromatic heterocycles. The van der Waals surface area contributed by atoms with Gasteiger partial charge in [-0.1, -0.05) is 0 Å². The molecule has 0 aromatic rings. The summed E-state index contributed by atoms with van der Waals surface area (Å²) in [6.07, 6.45) is 0. The van der Waals surface area contributed by atoms with Crippen LogP contribution in [0.1, 0.15) is 27.7 Å². The molecule has 1 saturated heterocycles. The van der Waals surface area contributed by atoms with Crippen molar-refractivity contribution in [2.45, 2.75) is 45.8 Å². The first kappa shape index (κ1) is 20.5. The van der Waals surface area contributed by atoms with Crippen LogP contribution in [0, 0.1) is 0 Å². The molecule has 0 bridgehead atoms. The molecule has 0 saturated carbocycles. The van der Waals surface area contributed by atoms with Gasteiger partial charge in [0.1, 0.15) is 17.9 Å². The van der Waals surface area contributed by atoms with Gasteiger partial charge < -0.3 is 10.2 Å². The van der Waals surface area contributed by atoms with E-state index in [0.717, 1.165) is 0 Å². The lowest BCUT2D eigenvalue weighted by Gasteiger charge is -2.30. The predicted molar refractivity (Wildman–Crippen MR) is 89.1 cm³/mol. The molecule has 2 N–H and O–H groups in total. The van der Waals surface area contributed by atoms with E-state index in [0.29, 0.717) is 39.3 Å². The molecule has 8 nitrogen and oxygen atoms in total. The minimum Gasteiger partial charge on any atom is -0.480 e. The molecule has 138 valence electrons. The third-order valence-electron chi connectivity index (χ3n) is 4.97. The van der Waals surface area contributed by atoms with Crippen molar-refractivity contribution in [1.82, 2.24) is 14.7 Å². The molecule has 0 aromatic carbocycles. The van der Waals surface area contributed by atoms with Gasteiger partial charge in [0.05, 0.1) is 6.04 Å². The van der Waals surface area contributed by atoms with E-state index in [-0.39, 0.29) is 11.8 Å². The fourth-order valence-electron chi connectivity index (χ4n) is 2.84. The first-order chi connectivity index (χ1) is 11.1. The van der Waals surface area contributed by atoms with Crippen LogP contribution in [0.5, 0.6) is 0 Å². The van der Waals surface area contributed by atoms with Crippen LogP contribution in [0.25, 0.3) is 0 Å². The number of hydrogen-bond acceptors (Lipinski definition) is 6. The van der Waals surface area contributed by atoms with Crippen molar-refractivity contribution in [3.05, 3.63) is 0 Å². The number of rotatable bonds is 6. The Morgan fingerprint density at radius 3 is 1.12 bits per heavy atom. The van der Waals surface area contributed by atoms with E-state index in [4.69, 9.17) is 0 Å². The van der Waals surface area contributed by atoms with E-state index in [9.17, 15) is 24.6 Å². The highest BCUT2D eigenvalue weighted by molar-refractivity contribution is 5.81. The van der Waals surface area contributed by atoms with Gasteiger partial charge in [-0.2, -0.15) is 0 Å². The zero-order valence-corrected chi connectivity index (χ0v) is 14.9. The Balaban J connectivity index is 2.96. The molecular weight excluding hydrogens is 314 g/mol. The quantitative estimate of drug-likeness (QED) is 0.685. The number of carbonyl (C=O) groups excluding carboxylic acids is 1. The number of aliphatic carboxylic acids is 2. The monoisotopic (exact) mass is 343 g/mol. The van der Waals surface area contributed by atoms with E-state index >= 15 is 0 Å². The lowest BCUT2D eigenvalue weighted by atomic mass is 10.2. The molecule has 0 radical (unpaired) electrons. The maximum absolute atomic E-state index is 11.7. The summed E-state index contributed by atoms with van der Waals surface area (Å²) in [7, 11) is 0. The Kier molecular flexibility index (Phi) is 7.78. The molecule has 3 unspecified atom stereocenters. The Bertz CT molecular complexity index is 392. The van der Waals surface area contributed by atoms with Crippen LogP contribution in [0.3, 0.4) is 0 Å². The third-order valence-corrected chi connectivity index (χ3v) is 4.97. The van der Waals surface area contributed by atoms with Crippen molar-refractivity contribution in [1.29, 1.82) is 0 Å². The second-order valence-corrected chi connectivity index (χ2v) is 6.42. The number of ketones is 1. The summed E-state index contributed by atoms with van der Waals surface area (Å²) in [6.45, 7) is 9.79. The first-order valence-corrected chi connectivity index (χ1v) is 8.33. The third kappa shape index (κ3) is 5.54. The van der Waals surface area contributed by atoms with Crippen LogP contribution in [0.2, 0.25) is 0 Å². The van der Waals surface area contributed by atoms with Crippen LogP contribution in [0.15, 0.2) is 0 Å². The highest BCUT2D eigenvalue weighted by Crippen LogP contribution is 2.10. The predicted octanol–water partition coefficient (Wildman–Crippen LogP) is -0.170. The molecule has 24 heavy (non-hydrogen) atoms. The molecule has 8 heteroatoms. The molecule has 1 aliphatic heterocycles. The van der Waals surface area contributed by atoms with Crippen LogP contribution in [-0.2, 0) is 14.4 Å². The van der Waals surface area contributed by atoms with Gasteiger partial charge in [-0.15, -0.1) is 0 Å². The first-order valence-electron chi connectivity index (χ1n) is 8.33. The number of carboxylic acids is 2. The van der Waals surface area contributed by atoms with Crippen molar-refractivity contribution >= 4 is 17.7 Å². The molecule has 0 spiro atoms. The minimum absolute atomic E-state index is 0.0462. The fourth-order valence-corrected chi connectivity index (χ4v) is 2.84. The van der Waals surface area contributed by atoms with Gasteiger partial charge in [0, 0.05) is 39.3 Å². The highest BCUT2D eigenvalue weighted by atomic mass is 16.4. The van der Waals surface area contributed by atoms with Gasteiger partial charge in [0.2, 0.25) is 0 Å². The number of nitrogens with zero attached hydrogens (tertiary/aromatic N) is 3. The van der Waals surface area contributed by atoms with Gasteiger partial charge in [0.15, 0.2) is 0 Å². The van der Waals surface area contributed by atoms with Crippen molar-refractivity contribution in [3.8, 4) is 0 Å². The summed E-state index contributed by atoms with van der Waals surface area (Å²) in [5, 5.41) is 18.6. The Labute approximate surface area is 143 Å². The number of carboxylic acid groups (broad SMARTS) is 2. The lowest BCUT2D eigenvalue weighted by molar-refractivity contribution is -0.144. The fraction of sp³-hybridized carbons (Fsp3) is 0.812. The van der Waals surface area contributed by atoms with Crippen LogP contribution < -0.4 is 0 Å². The zero-order valence-electron chi connectivity index (χ0n) is 14.9. The van der Waals surface area contributed by atoms with E-state index in [1.54, 1.807) is 13.8 Å². The highest BCUT2D eigenvalue weighted by Gasteiger charge is 2.29. The minimum atomic E-state index is -0.904. The summed E-state index contributed by atoms with van der Waals surface area (Å²) in [4.78, 5) is 40.0. The molecule has 1 aliphatic rings. The van der Waals surface area contributed by atoms with Gasteiger partial charge in [-0.3, -0.25) is 29.1 Å². The Morgan fingerprint density at radius 1 is 0.667 bits per heavy atom. The van der Waals surface area contributed by atoms with Gasteiger partial charge in [-0.25, -0.2) is 0 Å². The number of Topliss-reactive ketones (excluding diaryl/α,β-unsaturated/α-hetero) is 1. The normalized spacial score (nSPS) is 22.7. The largest absolute Gasteiger partial charge is 0.480 e. The van der Waals surface area contributed by atoms with Crippen LogP contribution in [0.4, 0.5) is 0 Å². The summed E-state index contributed by atoms with van der Waals surface area (Å²) < 4.78 is 0. The summed E-state index contributed by atoms with van der Waals surface area (Å²) >= 11 is 0. The second-order valence-electron chi connectivity index (χ2n) is 6.42. The van der Waals surface area contributed by atoms with Crippen molar-refractivity contribution in [2.75, 3.05) is 39.3 Å². The topological polar surface area (TPSA) is 101 Å². The van der Waals surface area contributed by atoms with Crippen molar-refractivity contribution in [3.63, 3.8) is 0 Å². The maximum atomic E-state index is 11.7. The second kappa shape index (κ2) is 9.10. The molecule has 0 aliphatic carbocycles. The maximum Gasteiger partial charge on any atom is 0.320 e. The smallest absolute Gasteiger partial charge is 0.320 e. The van der Waals surface area contributed by atoms with E-state index in [1.807, 2.05) is 21.6 Å². The number of carbonyl (C=O) groups is 3. The van der Waals surface area contributed by atoms with Crippen LogP contribution >= 0.6 is 0 Å². The average molecular weight is 343 g/mol. The van der Waals surface area contributed by atoms with Gasteiger partial charge in [0.25, 0.3) is 0 Å². The Morgan fingerprint density at radius 2 is 0.917 bits per heavy atom. The number of hydrogen-bond donors (Lipinski definition) is 2. The molecule has 1 fully saturated rings. The lowest BCUT2D eigenvalue weighted by Crippen LogP contribution is -2.47. The average Bonchev–Trinajstić information content (AvgIpc) is 2.62. The zero-order chi connectivity index (χ0) is 18.4. The van der Waals surface area contributed by atoms with E-state index in [1.165, 1.54) is 6.92 Å². The molecular formula is C16H29N3O5. The van der Waals surface area contributed by atoms with E-state index in [2.05, 4.69) is 0 Å². The van der Waals surface area contributed by atoms with Crippen LogP contribution in [-0.4, -0.2) is 100 Å². The molecule has 3 atom stereocenters. The standard InChI is InChI=1S/C16H29N3O5/c1-11(14(4)20)17-5-7-18(12(2)15(21)22)9-10-19(8-6-17)13(3)16(23)24/h11-13H,5-10H2,1-4H3,(H,21,22)(H,23,24).